The first kappa shape index (κ1) is 14.8. The van der Waals surface area contributed by atoms with E-state index in [0.29, 0.717) is 24.9 Å². The molecule has 1 unspecified atom stereocenters. The van der Waals surface area contributed by atoms with Crippen LogP contribution >= 0.6 is 0 Å². The molecule has 6 heteroatoms. The van der Waals surface area contributed by atoms with E-state index in [1.165, 1.54) is 0 Å². The van der Waals surface area contributed by atoms with E-state index in [1.807, 2.05) is 13.8 Å². The Kier molecular flexibility index (Phi) is 5.91. The van der Waals surface area contributed by atoms with E-state index in [9.17, 15) is 4.79 Å². The smallest absolute Gasteiger partial charge is 0.220 e. The van der Waals surface area contributed by atoms with Crippen molar-refractivity contribution < 1.29 is 14.7 Å². The lowest BCUT2D eigenvalue weighted by Gasteiger charge is -2.34. The first-order chi connectivity index (χ1) is 8.55. The second-order valence-electron chi connectivity index (χ2n) is 4.88. The number of amidine groups is 1. The molecule has 0 radical (unpaired) electrons. The summed E-state index contributed by atoms with van der Waals surface area (Å²) in [5, 5.41) is 14.1. The van der Waals surface area contributed by atoms with Crippen LogP contribution in [0.3, 0.4) is 0 Å². The van der Waals surface area contributed by atoms with E-state index < -0.39 is 0 Å². The lowest BCUT2D eigenvalue weighted by atomic mass is 9.80. The van der Waals surface area contributed by atoms with Gasteiger partial charge >= 0.3 is 0 Å². The number of nitrogens with one attached hydrogen (secondary N) is 1. The molecular weight excluding hydrogens is 234 g/mol. The highest BCUT2D eigenvalue weighted by atomic mass is 16.5. The summed E-state index contributed by atoms with van der Waals surface area (Å²) in [6.45, 7) is 4.55. The standard InChI is InChI=1S/C12H23N3O3/c1-3-18-10-5-9(6-10)7-12(16)14-8(2)4-11(13)15-17/h8-10,17H,3-7H2,1-2H3,(H2,13,15)(H,14,16). The van der Waals surface area contributed by atoms with Gasteiger partial charge in [-0.2, -0.15) is 0 Å². The minimum Gasteiger partial charge on any atom is -0.409 e. The molecule has 0 aliphatic heterocycles. The van der Waals surface area contributed by atoms with Crippen molar-refractivity contribution in [2.75, 3.05) is 6.61 Å². The van der Waals surface area contributed by atoms with Crippen LogP contribution in [0.1, 0.15) is 39.5 Å². The Labute approximate surface area is 108 Å². The second kappa shape index (κ2) is 7.20. The Morgan fingerprint density at radius 3 is 2.83 bits per heavy atom. The number of amides is 1. The molecule has 104 valence electrons. The van der Waals surface area contributed by atoms with Crippen molar-refractivity contribution in [3.8, 4) is 0 Å². The lowest BCUT2D eigenvalue weighted by molar-refractivity contribution is -0.124. The number of oxime groups is 1. The van der Waals surface area contributed by atoms with E-state index in [4.69, 9.17) is 15.7 Å². The molecule has 1 atom stereocenters. The van der Waals surface area contributed by atoms with Crippen LogP contribution in [0, 0.1) is 5.92 Å². The zero-order chi connectivity index (χ0) is 13.5. The first-order valence-corrected chi connectivity index (χ1v) is 6.42. The Bertz CT molecular complexity index is 301. The van der Waals surface area contributed by atoms with Gasteiger partial charge < -0.3 is 21.0 Å². The van der Waals surface area contributed by atoms with Crippen LogP contribution in [0.5, 0.6) is 0 Å². The SMILES string of the molecule is CCOC1CC(CC(=O)NC(C)CC(N)=NO)C1. The number of ether oxygens (including phenoxy) is 1. The fourth-order valence-electron chi connectivity index (χ4n) is 2.21. The van der Waals surface area contributed by atoms with Crippen molar-refractivity contribution in [2.24, 2.45) is 16.8 Å². The summed E-state index contributed by atoms with van der Waals surface area (Å²) in [6, 6.07) is -0.115. The van der Waals surface area contributed by atoms with E-state index in [2.05, 4.69) is 10.5 Å². The molecule has 1 rings (SSSR count). The van der Waals surface area contributed by atoms with Gasteiger partial charge in [0.2, 0.25) is 5.91 Å². The fourth-order valence-corrected chi connectivity index (χ4v) is 2.21. The number of carbonyl (C=O) groups excluding carboxylic acids is 1. The molecular formula is C12H23N3O3. The third kappa shape index (κ3) is 4.91. The van der Waals surface area contributed by atoms with Crippen LogP contribution in [0.15, 0.2) is 5.16 Å². The van der Waals surface area contributed by atoms with Crippen molar-refractivity contribution >= 4 is 11.7 Å². The molecule has 6 nitrogen and oxygen atoms in total. The van der Waals surface area contributed by atoms with E-state index in [1.54, 1.807) is 0 Å². The first-order valence-electron chi connectivity index (χ1n) is 6.42. The molecule has 1 aliphatic rings. The van der Waals surface area contributed by atoms with E-state index in [0.717, 1.165) is 19.4 Å². The molecule has 0 aromatic heterocycles. The summed E-state index contributed by atoms with van der Waals surface area (Å²) in [5.74, 6) is 0.577. The minimum atomic E-state index is -0.115. The van der Waals surface area contributed by atoms with Crippen LogP contribution < -0.4 is 11.1 Å². The monoisotopic (exact) mass is 257 g/mol. The highest BCUT2D eigenvalue weighted by Gasteiger charge is 2.31. The summed E-state index contributed by atoms with van der Waals surface area (Å²) < 4.78 is 5.45. The van der Waals surface area contributed by atoms with Gasteiger partial charge in [0.25, 0.3) is 0 Å². The van der Waals surface area contributed by atoms with Crippen LogP contribution in [-0.4, -0.2) is 35.7 Å². The topological polar surface area (TPSA) is 96.9 Å². The summed E-state index contributed by atoms with van der Waals surface area (Å²) >= 11 is 0. The van der Waals surface area contributed by atoms with Crippen molar-refractivity contribution in [3.63, 3.8) is 0 Å². The molecule has 0 saturated heterocycles. The zero-order valence-electron chi connectivity index (χ0n) is 11.1. The van der Waals surface area contributed by atoms with Crippen LogP contribution in [0.2, 0.25) is 0 Å². The van der Waals surface area contributed by atoms with E-state index >= 15 is 0 Å². The van der Waals surface area contributed by atoms with Gasteiger partial charge in [-0.25, -0.2) is 0 Å². The van der Waals surface area contributed by atoms with Crippen molar-refractivity contribution in [2.45, 2.75) is 51.7 Å². The summed E-state index contributed by atoms with van der Waals surface area (Å²) in [6.07, 6.45) is 3.16. The number of hydrogen-bond acceptors (Lipinski definition) is 4. The molecule has 4 N–H and O–H groups in total. The van der Waals surface area contributed by atoms with Crippen molar-refractivity contribution in [3.05, 3.63) is 0 Å². The second-order valence-corrected chi connectivity index (χ2v) is 4.88. The molecule has 18 heavy (non-hydrogen) atoms. The Hall–Kier alpha value is -1.30. The van der Waals surface area contributed by atoms with Gasteiger partial charge in [-0.1, -0.05) is 5.16 Å². The highest BCUT2D eigenvalue weighted by Crippen LogP contribution is 2.32. The Balaban J connectivity index is 2.15. The van der Waals surface area contributed by atoms with Gasteiger partial charge in [0.1, 0.15) is 5.84 Å². The van der Waals surface area contributed by atoms with E-state index in [-0.39, 0.29) is 17.8 Å². The lowest BCUT2D eigenvalue weighted by Crippen LogP contribution is -2.39. The van der Waals surface area contributed by atoms with Crippen LogP contribution in [0.4, 0.5) is 0 Å². The zero-order valence-corrected chi connectivity index (χ0v) is 11.1. The molecule has 1 amide bonds. The number of carbonyl (C=O) groups is 1. The normalized spacial score (nSPS) is 25.3. The van der Waals surface area contributed by atoms with Crippen LogP contribution in [0.25, 0.3) is 0 Å². The Morgan fingerprint density at radius 1 is 1.61 bits per heavy atom. The molecule has 0 bridgehead atoms. The van der Waals surface area contributed by atoms with Gasteiger partial charge in [-0.05, 0) is 32.6 Å². The molecule has 1 aliphatic carbocycles. The third-order valence-corrected chi connectivity index (χ3v) is 3.12. The molecule has 1 fully saturated rings. The Morgan fingerprint density at radius 2 is 2.28 bits per heavy atom. The van der Waals surface area contributed by atoms with Gasteiger partial charge in [0, 0.05) is 25.5 Å². The molecule has 1 saturated carbocycles. The molecule has 0 aromatic rings. The number of nitrogens with two attached hydrogens (primary N) is 1. The van der Waals surface area contributed by atoms with Crippen molar-refractivity contribution in [1.82, 2.24) is 5.32 Å². The predicted octanol–water partition coefficient (Wildman–Crippen LogP) is 0.833. The fraction of sp³-hybridized carbons (Fsp3) is 0.833. The maximum Gasteiger partial charge on any atom is 0.220 e. The number of hydrogen-bond donors (Lipinski definition) is 3. The summed E-state index contributed by atoms with van der Waals surface area (Å²) in [7, 11) is 0. The average Bonchev–Trinajstić information content (AvgIpc) is 2.25. The maximum atomic E-state index is 11.7. The quantitative estimate of drug-likeness (QED) is 0.272. The minimum absolute atomic E-state index is 0.0215. The highest BCUT2D eigenvalue weighted by molar-refractivity contribution is 5.82. The van der Waals surface area contributed by atoms with Crippen molar-refractivity contribution in [1.29, 1.82) is 0 Å². The maximum absolute atomic E-state index is 11.7. The van der Waals surface area contributed by atoms with Gasteiger partial charge in [0.05, 0.1) is 6.10 Å². The third-order valence-electron chi connectivity index (χ3n) is 3.12. The number of rotatable bonds is 7. The molecule has 0 heterocycles. The molecule has 0 spiro atoms. The largest absolute Gasteiger partial charge is 0.409 e. The van der Waals surface area contributed by atoms with Gasteiger partial charge in [-0.15, -0.1) is 0 Å². The average molecular weight is 257 g/mol. The summed E-state index contributed by atoms with van der Waals surface area (Å²) in [4.78, 5) is 11.7. The molecule has 0 aromatic carbocycles. The van der Waals surface area contributed by atoms with Gasteiger partial charge in [0.15, 0.2) is 0 Å². The summed E-state index contributed by atoms with van der Waals surface area (Å²) in [5.41, 5.74) is 5.37. The van der Waals surface area contributed by atoms with Gasteiger partial charge in [-0.3, -0.25) is 4.79 Å². The predicted molar refractivity (Wildman–Crippen MR) is 68.4 cm³/mol. The van der Waals surface area contributed by atoms with Crippen LogP contribution in [-0.2, 0) is 9.53 Å². The number of nitrogens with zero attached hydrogens (tertiary/aromatic N) is 1.